The van der Waals surface area contributed by atoms with E-state index < -0.39 is 15.9 Å². The number of nitrogens with zero attached hydrogens (tertiary/aromatic N) is 2. The number of rotatable bonds is 2. The van der Waals surface area contributed by atoms with Crippen LogP contribution in [-0.4, -0.2) is 31.6 Å². The van der Waals surface area contributed by atoms with E-state index in [0.29, 0.717) is 11.3 Å². The zero-order chi connectivity index (χ0) is 18.2. The van der Waals surface area contributed by atoms with Gasteiger partial charge in [0.05, 0.1) is 10.6 Å². The minimum absolute atomic E-state index is 0.0336. The molecule has 0 saturated carbocycles. The Morgan fingerprint density at radius 3 is 2.40 bits per heavy atom. The number of sulfonamides is 1. The van der Waals surface area contributed by atoms with Crippen LogP contribution in [0.4, 0.5) is 0 Å². The molecule has 0 aromatic heterocycles. The number of guanidine groups is 1. The standard InChI is InChI=1S/C17H16N4O3S/c1-21-14(11-5-3-2-4-6-11)9-12-7-8-13(16(22)20-17(18)19)10-15(12)25(21,23)24/h2-10H,1H3,(H4,18,19,20,22). The van der Waals surface area contributed by atoms with Crippen molar-refractivity contribution in [3.63, 3.8) is 0 Å². The number of carbonyl (C=O) groups excluding carboxylic acids is 1. The summed E-state index contributed by atoms with van der Waals surface area (Å²) < 4.78 is 26.9. The van der Waals surface area contributed by atoms with Gasteiger partial charge >= 0.3 is 0 Å². The molecule has 3 rings (SSSR count). The molecule has 0 radical (unpaired) electrons. The summed E-state index contributed by atoms with van der Waals surface area (Å²) >= 11 is 0. The molecule has 1 aliphatic heterocycles. The van der Waals surface area contributed by atoms with Gasteiger partial charge in [-0.25, -0.2) is 8.42 Å². The third kappa shape index (κ3) is 2.99. The molecule has 7 nitrogen and oxygen atoms in total. The van der Waals surface area contributed by atoms with E-state index in [4.69, 9.17) is 11.5 Å². The van der Waals surface area contributed by atoms with Crippen molar-refractivity contribution in [3.8, 4) is 0 Å². The SMILES string of the molecule is CN1C(c2ccccc2)=Cc2ccc(C(=O)N=C(N)N)cc2S1(=O)=O. The number of carbonyl (C=O) groups is 1. The highest BCUT2D eigenvalue weighted by molar-refractivity contribution is 7.89. The zero-order valence-electron chi connectivity index (χ0n) is 13.4. The van der Waals surface area contributed by atoms with Crippen LogP contribution in [-0.2, 0) is 10.0 Å². The zero-order valence-corrected chi connectivity index (χ0v) is 14.2. The van der Waals surface area contributed by atoms with E-state index in [-0.39, 0.29) is 16.4 Å². The Labute approximate surface area is 145 Å². The number of amides is 1. The fraction of sp³-hybridized carbons (Fsp3) is 0.0588. The summed E-state index contributed by atoms with van der Waals surface area (Å²) in [7, 11) is -2.33. The molecule has 1 aliphatic rings. The fourth-order valence-corrected chi connectivity index (χ4v) is 3.99. The summed E-state index contributed by atoms with van der Waals surface area (Å²) in [5.41, 5.74) is 12.3. The van der Waals surface area contributed by atoms with E-state index in [9.17, 15) is 13.2 Å². The van der Waals surface area contributed by atoms with Gasteiger partial charge in [0.25, 0.3) is 15.9 Å². The maximum atomic E-state index is 12.9. The van der Waals surface area contributed by atoms with Gasteiger partial charge in [-0.3, -0.25) is 9.10 Å². The van der Waals surface area contributed by atoms with Gasteiger partial charge in [-0.15, -0.1) is 0 Å². The van der Waals surface area contributed by atoms with Crippen LogP contribution in [0.1, 0.15) is 21.5 Å². The van der Waals surface area contributed by atoms with E-state index in [0.717, 1.165) is 5.56 Å². The van der Waals surface area contributed by atoms with Crippen molar-refractivity contribution in [3.05, 3.63) is 65.2 Å². The van der Waals surface area contributed by atoms with Gasteiger partial charge in [0.2, 0.25) is 0 Å². The molecule has 2 aromatic rings. The highest BCUT2D eigenvalue weighted by atomic mass is 32.2. The Kier molecular flexibility index (Phi) is 4.05. The first-order valence-corrected chi connectivity index (χ1v) is 8.79. The smallest absolute Gasteiger partial charge is 0.280 e. The van der Waals surface area contributed by atoms with Crippen molar-refractivity contribution in [1.82, 2.24) is 4.31 Å². The Morgan fingerprint density at radius 1 is 1.08 bits per heavy atom. The highest BCUT2D eigenvalue weighted by Gasteiger charge is 2.31. The molecule has 0 bridgehead atoms. The molecule has 4 N–H and O–H groups in total. The first kappa shape index (κ1) is 16.7. The lowest BCUT2D eigenvalue weighted by Crippen LogP contribution is -2.29. The lowest BCUT2D eigenvalue weighted by molar-refractivity contribution is 0.100. The Balaban J connectivity index is 2.16. The second-order valence-electron chi connectivity index (χ2n) is 5.46. The molecule has 0 atom stereocenters. The van der Waals surface area contributed by atoms with Crippen molar-refractivity contribution in [1.29, 1.82) is 0 Å². The predicted octanol–water partition coefficient (Wildman–Crippen LogP) is 1.23. The van der Waals surface area contributed by atoms with E-state index >= 15 is 0 Å². The van der Waals surface area contributed by atoms with Crippen molar-refractivity contribution in [2.75, 3.05) is 7.05 Å². The number of nitrogens with two attached hydrogens (primary N) is 2. The van der Waals surface area contributed by atoms with Crippen LogP contribution < -0.4 is 11.5 Å². The molecule has 0 aliphatic carbocycles. The first-order chi connectivity index (χ1) is 11.8. The molecule has 1 heterocycles. The number of hydrogen-bond donors (Lipinski definition) is 2. The number of hydrogen-bond acceptors (Lipinski definition) is 3. The molecule has 0 spiro atoms. The summed E-state index contributed by atoms with van der Waals surface area (Å²) in [5, 5.41) is 0. The van der Waals surface area contributed by atoms with Gasteiger partial charge in [-0.05, 0) is 29.3 Å². The van der Waals surface area contributed by atoms with Crippen molar-refractivity contribution >= 4 is 33.7 Å². The van der Waals surface area contributed by atoms with Gasteiger partial charge in [-0.1, -0.05) is 36.4 Å². The van der Waals surface area contributed by atoms with E-state index in [2.05, 4.69) is 4.99 Å². The predicted molar refractivity (Wildman–Crippen MR) is 95.8 cm³/mol. The van der Waals surface area contributed by atoms with Crippen LogP contribution in [0.2, 0.25) is 0 Å². The van der Waals surface area contributed by atoms with Crippen LogP contribution in [0.5, 0.6) is 0 Å². The molecule has 0 unspecified atom stereocenters. The summed E-state index contributed by atoms with van der Waals surface area (Å²) in [6, 6.07) is 13.5. The van der Waals surface area contributed by atoms with Crippen LogP contribution in [0.15, 0.2) is 58.4 Å². The molecule has 8 heteroatoms. The summed E-state index contributed by atoms with van der Waals surface area (Å²) in [4.78, 5) is 15.4. The highest BCUT2D eigenvalue weighted by Crippen LogP contribution is 2.35. The van der Waals surface area contributed by atoms with Gasteiger partial charge in [0.1, 0.15) is 0 Å². The number of benzene rings is 2. The third-order valence-electron chi connectivity index (χ3n) is 3.83. The van der Waals surface area contributed by atoms with Crippen LogP contribution in [0.25, 0.3) is 11.8 Å². The molecule has 2 aromatic carbocycles. The van der Waals surface area contributed by atoms with Crippen molar-refractivity contribution in [2.45, 2.75) is 4.90 Å². The Bertz CT molecular complexity index is 1010. The van der Waals surface area contributed by atoms with Crippen molar-refractivity contribution in [2.24, 2.45) is 16.5 Å². The second-order valence-corrected chi connectivity index (χ2v) is 7.40. The molecule has 128 valence electrons. The lowest BCUT2D eigenvalue weighted by Gasteiger charge is -2.28. The monoisotopic (exact) mass is 356 g/mol. The average molecular weight is 356 g/mol. The lowest BCUT2D eigenvalue weighted by atomic mass is 10.1. The van der Waals surface area contributed by atoms with E-state index in [1.807, 2.05) is 30.3 Å². The van der Waals surface area contributed by atoms with Gasteiger partial charge in [-0.2, -0.15) is 4.99 Å². The first-order valence-electron chi connectivity index (χ1n) is 7.35. The van der Waals surface area contributed by atoms with E-state index in [1.54, 1.807) is 12.1 Å². The van der Waals surface area contributed by atoms with Crippen LogP contribution in [0, 0.1) is 0 Å². The maximum absolute atomic E-state index is 12.9. The molecule has 0 saturated heterocycles. The summed E-state index contributed by atoms with van der Waals surface area (Å²) in [6.45, 7) is 0. The Hall–Kier alpha value is -3.13. The van der Waals surface area contributed by atoms with E-state index in [1.165, 1.54) is 23.5 Å². The molecular weight excluding hydrogens is 340 g/mol. The summed E-state index contributed by atoms with van der Waals surface area (Å²) in [5.74, 6) is -1.08. The third-order valence-corrected chi connectivity index (χ3v) is 5.66. The molecule has 0 fully saturated rings. The van der Waals surface area contributed by atoms with Gasteiger partial charge in [0, 0.05) is 12.6 Å². The molecular formula is C17H16N4O3S. The number of aliphatic imine (C=N–C) groups is 1. The van der Waals surface area contributed by atoms with Gasteiger partial charge in [0.15, 0.2) is 5.96 Å². The topological polar surface area (TPSA) is 119 Å². The normalized spacial score (nSPS) is 15.1. The summed E-state index contributed by atoms with van der Waals surface area (Å²) in [6.07, 6.45) is 1.76. The van der Waals surface area contributed by atoms with Crippen molar-refractivity contribution < 1.29 is 13.2 Å². The quantitative estimate of drug-likeness (QED) is 0.620. The Morgan fingerprint density at radius 2 is 1.76 bits per heavy atom. The minimum atomic E-state index is -3.80. The number of fused-ring (bicyclic) bond motifs is 1. The second kappa shape index (κ2) is 6.06. The minimum Gasteiger partial charge on any atom is -0.370 e. The molecule has 1 amide bonds. The molecule has 25 heavy (non-hydrogen) atoms. The average Bonchev–Trinajstić information content (AvgIpc) is 2.58. The van der Waals surface area contributed by atoms with Gasteiger partial charge < -0.3 is 11.5 Å². The maximum Gasteiger partial charge on any atom is 0.280 e. The largest absolute Gasteiger partial charge is 0.370 e. The van der Waals surface area contributed by atoms with Crippen LogP contribution >= 0.6 is 0 Å². The fourth-order valence-electron chi connectivity index (χ4n) is 2.58. The van der Waals surface area contributed by atoms with Crippen LogP contribution in [0.3, 0.4) is 0 Å².